The quantitative estimate of drug-likeness (QED) is 0.631. The van der Waals surface area contributed by atoms with Crippen LogP contribution in [0.3, 0.4) is 0 Å². The SMILES string of the molecule is Cc1nn2c([n+]1C1C3CC4CC(C3)CC1C4)-c1ccccc1C2. The summed E-state index contributed by atoms with van der Waals surface area (Å²) in [5.74, 6) is 6.48. The molecule has 5 aliphatic rings. The third kappa shape index (κ3) is 1.61. The molecule has 3 nitrogen and oxygen atoms in total. The summed E-state index contributed by atoms with van der Waals surface area (Å²) in [5, 5.41) is 4.92. The molecule has 0 amide bonds. The van der Waals surface area contributed by atoms with E-state index < -0.39 is 0 Å². The molecule has 23 heavy (non-hydrogen) atoms. The van der Waals surface area contributed by atoms with Crippen molar-refractivity contribution in [3.63, 3.8) is 0 Å². The van der Waals surface area contributed by atoms with E-state index in [4.69, 9.17) is 5.10 Å². The van der Waals surface area contributed by atoms with Gasteiger partial charge in [-0.15, -0.1) is 4.68 Å². The van der Waals surface area contributed by atoms with Crippen LogP contribution in [0.1, 0.15) is 49.5 Å². The van der Waals surface area contributed by atoms with Crippen LogP contribution in [0.15, 0.2) is 24.3 Å². The zero-order valence-corrected chi connectivity index (χ0v) is 13.8. The topological polar surface area (TPSA) is 21.7 Å². The highest BCUT2D eigenvalue weighted by Gasteiger charge is 2.52. The van der Waals surface area contributed by atoms with Gasteiger partial charge in [0, 0.05) is 17.6 Å². The first-order valence-corrected chi connectivity index (χ1v) is 9.35. The van der Waals surface area contributed by atoms with Crippen molar-refractivity contribution in [3.05, 3.63) is 35.7 Å². The largest absolute Gasteiger partial charge is 0.275 e. The van der Waals surface area contributed by atoms with Crippen LogP contribution in [0.25, 0.3) is 11.4 Å². The van der Waals surface area contributed by atoms with Gasteiger partial charge in [0.05, 0.1) is 11.6 Å². The molecule has 0 atom stereocenters. The highest BCUT2D eigenvalue weighted by molar-refractivity contribution is 5.61. The number of fused-ring (bicyclic) bond motifs is 3. The Morgan fingerprint density at radius 1 is 1.00 bits per heavy atom. The van der Waals surface area contributed by atoms with E-state index in [-0.39, 0.29) is 0 Å². The lowest BCUT2D eigenvalue weighted by Crippen LogP contribution is -2.57. The van der Waals surface area contributed by atoms with Gasteiger partial charge in [-0.3, -0.25) is 0 Å². The number of hydrogen-bond acceptors (Lipinski definition) is 1. The van der Waals surface area contributed by atoms with Gasteiger partial charge < -0.3 is 0 Å². The summed E-state index contributed by atoms with van der Waals surface area (Å²) in [6.45, 7) is 3.17. The van der Waals surface area contributed by atoms with Crippen molar-refractivity contribution in [3.8, 4) is 11.4 Å². The van der Waals surface area contributed by atoms with Crippen molar-refractivity contribution in [1.82, 2.24) is 9.78 Å². The Hall–Kier alpha value is -1.64. The summed E-state index contributed by atoms with van der Waals surface area (Å²) in [6.07, 6.45) is 7.40. The molecule has 3 heteroatoms. The fourth-order valence-electron chi connectivity index (χ4n) is 6.64. The lowest BCUT2D eigenvalue weighted by atomic mass is 9.54. The van der Waals surface area contributed by atoms with E-state index in [0.717, 1.165) is 30.2 Å². The van der Waals surface area contributed by atoms with Crippen molar-refractivity contribution in [2.75, 3.05) is 0 Å². The van der Waals surface area contributed by atoms with Crippen LogP contribution in [0.2, 0.25) is 0 Å². The van der Waals surface area contributed by atoms with Crippen LogP contribution in [0, 0.1) is 30.6 Å². The van der Waals surface area contributed by atoms with E-state index in [0.29, 0.717) is 6.04 Å². The normalized spacial score (nSPS) is 36.3. The predicted molar refractivity (Wildman–Crippen MR) is 87.8 cm³/mol. The molecule has 7 rings (SSSR count). The molecule has 0 saturated heterocycles. The highest BCUT2D eigenvalue weighted by Crippen LogP contribution is 2.57. The summed E-state index contributed by atoms with van der Waals surface area (Å²) >= 11 is 0. The van der Waals surface area contributed by atoms with Crippen LogP contribution >= 0.6 is 0 Å². The minimum atomic E-state index is 0.706. The van der Waals surface area contributed by atoms with E-state index in [2.05, 4.69) is 40.4 Å². The average Bonchev–Trinajstić information content (AvgIpc) is 3.02. The van der Waals surface area contributed by atoms with Gasteiger partial charge in [-0.2, -0.15) is 0 Å². The Morgan fingerprint density at radius 2 is 1.70 bits per heavy atom. The average molecular weight is 306 g/mol. The maximum absolute atomic E-state index is 4.92. The van der Waals surface area contributed by atoms with Gasteiger partial charge in [0.15, 0.2) is 0 Å². The van der Waals surface area contributed by atoms with E-state index in [1.165, 1.54) is 54.9 Å². The molecule has 4 aliphatic carbocycles. The van der Waals surface area contributed by atoms with Gasteiger partial charge in [0.2, 0.25) is 0 Å². The van der Waals surface area contributed by atoms with Gasteiger partial charge in [0.1, 0.15) is 6.54 Å². The number of hydrogen-bond donors (Lipinski definition) is 0. The molecule has 4 saturated carbocycles. The first-order valence-electron chi connectivity index (χ1n) is 9.35. The van der Waals surface area contributed by atoms with Crippen LogP contribution in [0.5, 0.6) is 0 Å². The van der Waals surface area contributed by atoms with E-state index in [1.807, 2.05) is 0 Å². The Balaban J connectivity index is 1.52. The van der Waals surface area contributed by atoms with Crippen molar-refractivity contribution in [1.29, 1.82) is 0 Å². The zero-order valence-electron chi connectivity index (χ0n) is 13.8. The summed E-state index contributed by atoms with van der Waals surface area (Å²) in [6, 6.07) is 9.60. The molecule has 0 radical (unpaired) electrons. The first kappa shape index (κ1) is 12.7. The molecule has 0 unspecified atom stereocenters. The van der Waals surface area contributed by atoms with Gasteiger partial charge in [-0.1, -0.05) is 18.2 Å². The molecule has 1 aliphatic heterocycles. The minimum Gasteiger partial charge on any atom is -0.225 e. The molecule has 4 fully saturated rings. The summed E-state index contributed by atoms with van der Waals surface area (Å²) in [4.78, 5) is 0. The number of rotatable bonds is 1. The number of benzene rings is 1. The van der Waals surface area contributed by atoms with E-state index >= 15 is 0 Å². The molecule has 1 aromatic heterocycles. The molecular weight excluding hydrogens is 282 g/mol. The molecule has 1 aromatic carbocycles. The lowest BCUT2D eigenvalue weighted by Gasteiger charge is -2.53. The minimum absolute atomic E-state index is 0.706. The highest BCUT2D eigenvalue weighted by atomic mass is 15.4. The number of aromatic nitrogens is 3. The fraction of sp³-hybridized carbons (Fsp3) is 0.600. The summed E-state index contributed by atoms with van der Waals surface area (Å²) < 4.78 is 4.91. The molecule has 4 bridgehead atoms. The van der Waals surface area contributed by atoms with Gasteiger partial charge in [-0.05, 0) is 61.8 Å². The van der Waals surface area contributed by atoms with Gasteiger partial charge >= 0.3 is 0 Å². The van der Waals surface area contributed by atoms with Crippen LogP contribution < -0.4 is 4.57 Å². The Bertz CT molecular complexity index is 775. The zero-order chi connectivity index (χ0) is 15.1. The molecule has 0 N–H and O–H groups in total. The smallest absolute Gasteiger partial charge is 0.225 e. The van der Waals surface area contributed by atoms with E-state index in [1.54, 1.807) is 0 Å². The Labute approximate surface area is 137 Å². The number of nitrogens with zero attached hydrogens (tertiary/aromatic N) is 3. The molecule has 2 aromatic rings. The fourth-order valence-corrected chi connectivity index (χ4v) is 6.64. The van der Waals surface area contributed by atoms with Crippen LogP contribution in [-0.4, -0.2) is 9.78 Å². The maximum atomic E-state index is 4.92. The molecule has 118 valence electrons. The Kier molecular flexibility index (Phi) is 2.36. The third-order valence-electron chi connectivity index (χ3n) is 7.14. The van der Waals surface area contributed by atoms with E-state index in [9.17, 15) is 0 Å². The van der Waals surface area contributed by atoms with Crippen molar-refractivity contribution in [2.45, 2.75) is 51.6 Å². The van der Waals surface area contributed by atoms with Crippen molar-refractivity contribution >= 4 is 0 Å². The molecule has 2 heterocycles. The predicted octanol–water partition coefficient (Wildman–Crippen LogP) is 3.50. The van der Waals surface area contributed by atoms with Crippen LogP contribution in [0.4, 0.5) is 0 Å². The lowest BCUT2D eigenvalue weighted by molar-refractivity contribution is -0.739. The molecule has 0 spiro atoms. The second-order valence-corrected chi connectivity index (χ2v) is 8.48. The summed E-state index contributed by atoms with van der Waals surface area (Å²) in [7, 11) is 0. The second kappa shape index (κ2) is 4.25. The second-order valence-electron chi connectivity index (χ2n) is 8.48. The van der Waals surface area contributed by atoms with Gasteiger partial charge in [-0.25, -0.2) is 4.57 Å². The number of aryl methyl sites for hydroxylation is 1. The van der Waals surface area contributed by atoms with Crippen molar-refractivity contribution in [2.24, 2.45) is 23.7 Å². The summed E-state index contributed by atoms with van der Waals surface area (Å²) in [5.41, 5.74) is 2.86. The van der Waals surface area contributed by atoms with Crippen LogP contribution in [-0.2, 0) is 6.54 Å². The molecular formula is C20H24N3+. The van der Waals surface area contributed by atoms with Gasteiger partial charge in [0.25, 0.3) is 11.6 Å². The monoisotopic (exact) mass is 306 g/mol. The van der Waals surface area contributed by atoms with Crippen molar-refractivity contribution < 1.29 is 4.57 Å². The maximum Gasteiger partial charge on any atom is 0.275 e. The standard InChI is InChI=1S/C20H24N3/c1-12-21-22-11-15-4-2-3-5-18(15)20(22)23(12)19-16-7-13-6-14(9-16)10-17(19)8-13/h2-5,13-14,16-17,19H,6-11H2,1H3/q+1. The first-order chi connectivity index (χ1) is 11.3. The third-order valence-corrected chi connectivity index (χ3v) is 7.14. The Morgan fingerprint density at radius 3 is 2.43 bits per heavy atom.